The number of rotatable bonds is 4. The van der Waals surface area contributed by atoms with Crippen molar-refractivity contribution in [1.82, 2.24) is 4.98 Å². The second-order valence-corrected chi connectivity index (χ2v) is 2.62. The molecule has 0 bridgehead atoms. The van der Waals surface area contributed by atoms with Gasteiger partial charge in [-0.15, -0.1) is 0 Å². The molecule has 0 unspecified atom stereocenters. The molecule has 0 fully saturated rings. The molecule has 82 valence electrons. The first-order chi connectivity index (χ1) is 7.24. The highest BCUT2D eigenvalue weighted by Gasteiger charge is 2.18. The van der Waals surface area contributed by atoms with E-state index in [-0.39, 0.29) is 5.69 Å². The van der Waals surface area contributed by atoms with Gasteiger partial charge >= 0.3 is 5.97 Å². The number of methoxy groups -OCH3 is 2. The van der Waals surface area contributed by atoms with Crippen molar-refractivity contribution in [3.8, 4) is 11.5 Å². The monoisotopic (exact) mass is 211 g/mol. The van der Waals surface area contributed by atoms with Gasteiger partial charge in [-0.05, 0) is 6.92 Å². The summed E-state index contributed by atoms with van der Waals surface area (Å²) in [6.45, 7) is 2.02. The topological polar surface area (TPSA) is 57.7 Å². The Labute approximate surface area is 88.0 Å². The summed E-state index contributed by atoms with van der Waals surface area (Å²) in [6, 6.07) is 1.61. The minimum atomic E-state index is -0.520. The van der Waals surface area contributed by atoms with Crippen LogP contribution in [0.15, 0.2) is 12.3 Å². The summed E-state index contributed by atoms with van der Waals surface area (Å²) in [5.41, 5.74) is 0.124. The molecule has 0 saturated carbocycles. The molecule has 5 nitrogen and oxygen atoms in total. The SMILES string of the molecule is CCOC(=O)c1nccc(OC)c1OC. The van der Waals surface area contributed by atoms with E-state index in [1.807, 2.05) is 0 Å². The lowest BCUT2D eigenvalue weighted by Crippen LogP contribution is -2.09. The van der Waals surface area contributed by atoms with Gasteiger partial charge in [0, 0.05) is 12.3 Å². The highest BCUT2D eigenvalue weighted by atomic mass is 16.5. The number of nitrogens with zero attached hydrogens (tertiary/aromatic N) is 1. The summed E-state index contributed by atoms with van der Waals surface area (Å²) in [5, 5.41) is 0. The first-order valence-electron chi connectivity index (χ1n) is 4.48. The number of hydrogen-bond donors (Lipinski definition) is 0. The molecule has 0 aliphatic heterocycles. The molecule has 15 heavy (non-hydrogen) atoms. The molecule has 0 saturated heterocycles. The van der Waals surface area contributed by atoms with Crippen LogP contribution >= 0.6 is 0 Å². The quantitative estimate of drug-likeness (QED) is 0.702. The van der Waals surface area contributed by atoms with Crippen molar-refractivity contribution in [2.24, 2.45) is 0 Å². The summed E-state index contributed by atoms with van der Waals surface area (Å²) in [4.78, 5) is 15.4. The predicted octanol–water partition coefficient (Wildman–Crippen LogP) is 1.28. The zero-order valence-corrected chi connectivity index (χ0v) is 8.94. The van der Waals surface area contributed by atoms with Gasteiger partial charge in [0.25, 0.3) is 0 Å². The van der Waals surface area contributed by atoms with Crippen molar-refractivity contribution in [1.29, 1.82) is 0 Å². The molecule has 1 heterocycles. The number of carbonyl (C=O) groups excluding carboxylic acids is 1. The molecule has 5 heteroatoms. The minimum Gasteiger partial charge on any atom is -0.493 e. The van der Waals surface area contributed by atoms with Gasteiger partial charge in [-0.3, -0.25) is 0 Å². The van der Waals surface area contributed by atoms with Gasteiger partial charge in [-0.2, -0.15) is 0 Å². The van der Waals surface area contributed by atoms with Crippen LogP contribution in [0.4, 0.5) is 0 Å². The lowest BCUT2D eigenvalue weighted by atomic mass is 10.3. The largest absolute Gasteiger partial charge is 0.493 e. The molecule has 0 atom stereocenters. The van der Waals surface area contributed by atoms with Crippen molar-refractivity contribution >= 4 is 5.97 Å². The Hall–Kier alpha value is -1.78. The van der Waals surface area contributed by atoms with E-state index in [2.05, 4.69) is 4.98 Å². The second-order valence-electron chi connectivity index (χ2n) is 2.62. The molecule has 1 aromatic heterocycles. The molecule has 1 aromatic rings. The zero-order valence-electron chi connectivity index (χ0n) is 8.94. The third kappa shape index (κ3) is 2.37. The zero-order chi connectivity index (χ0) is 11.3. The van der Waals surface area contributed by atoms with Gasteiger partial charge in [0.2, 0.25) is 0 Å². The Balaban J connectivity index is 3.11. The second kappa shape index (κ2) is 5.19. The van der Waals surface area contributed by atoms with Crippen LogP contribution in [0.2, 0.25) is 0 Å². The number of carbonyl (C=O) groups is 1. The molecular weight excluding hydrogens is 198 g/mol. The van der Waals surface area contributed by atoms with E-state index in [0.29, 0.717) is 18.1 Å². The normalized spacial score (nSPS) is 9.53. The van der Waals surface area contributed by atoms with Gasteiger partial charge in [0.05, 0.1) is 20.8 Å². The maximum Gasteiger partial charge on any atom is 0.360 e. The summed E-state index contributed by atoms with van der Waals surface area (Å²) >= 11 is 0. The maximum atomic E-state index is 11.5. The van der Waals surface area contributed by atoms with E-state index in [1.165, 1.54) is 20.4 Å². The fourth-order valence-corrected chi connectivity index (χ4v) is 1.13. The van der Waals surface area contributed by atoms with E-state index in [4.69, 9.17) is 14.2 Å². The van der Waals surface area contributed by atoms with Gasteiger partial charge in [-0.1, -0.05) is 0 Å². The van der Waals surface area contributed by atoms with Crippen molar-refractivity contribution in [2.75, 3.05) is 20.8 Å². The molecule has 0 amide bonds. The van der Waals surface area contributed by atoms with Crippen LogP contribution in [0.3, 0.4) is 0 Å². The number of pyridine rings is 1. The highest BCUT2D eigenvalue weighted by molar-refractivity contribution is 5.91. The van der Waals surface area contributed by atoms with Gasteiger partial charge in [0.1, 0.15) is 0 Å². The van der Waals surface area contributed by atoms with Crippen LogP contribution < -0.4 is 9.47 Å². The Morgan fingerprint density at radius 2 is 2.13 bits per heavy atom. The van der Waals surface area contributed by atoms with Gasteiger partial charge < -0.3 is 14.2 Å². The Morgan fingerprint density at radius 1 is 1.40 bits per heavy atom. The molecule has 0 aliphatic carbocycles. The van der Waals surface area contributed by atoms with Gasteiger partial charge in [-0.25, -0.2) is 9.78 Å². The summed E-state index contributed by atoms with van der Waals surface area (Å²) in [6.07, 6.45) is 1.47. The first-order valence-corrected chi connectivity index (χ1v) is 4.48. The van der Waals surface area contributed by atoms with Crippen molar-refractivity contribution in [2.45, 2.75) is 6.92 Å². The Morgan fingerprint density at radius 3 is 2.67 bits per heavy atom. The first kappa shape index (κ1) is 11.3. The lowest BCUT2D eigenvalue weighted by molar-refractivity contribution is 0.0514. The number of hydrogen-bond acceptors (Lipinski definition) is 5. The van der Waals surface area contributed by atoms with Gasteiger partial charge in [0.15, 0.2) is 17.2 Å². The summed E-state index contributed by atoms with van der Waals surface area (Å²) in [5.74, 6) is 0.224. The van der Waals surface area contributed by atoms with Crippen LogP contribution in [-0.4, -0.2) is 31.8 Å². The van der Waals surface area contributed by atoms with Crippen LogP contribution in [-0.2, 0) is 4.74 Å². The molecular formula is C10H13NO4. The van der Waals surface area contributed by atoms with Crippen LogP contribution in [0.1, 0.15) is 17.4 Å². The fourth-order valence-electron chi connectivity index (χ4n) is 1.13. The molecule has 0 aliphatic rings. The number of aromatic nitrogens is 1. The number of esters is 1. The molecule has 0 N–H and O–H groups in total. The van der Waals surface area contributed by atoms with E-state index >= 15 is 0 Å². The Kier molecular flexibility index (Phi) is 3.91. The summed E-state index contributed by atoms with van der Waals surface area (Å²) in [7, 11) is 2.94. The van der Waals surface area contributed by atoms with E-state index < -0.39 is 5.97 Å². The average molecular weight is 211 g/mol. The van der Waals surface area contributed by atoms with E-state index in [9.17, 15) is 4.79 Å². The van der Waals surface area contributed by atoms with Crippen LogP contribution in [0, 0.1) is 0 Å². The fraction of sp³-hybridized carbons (Fsp3) is 0.400. The molecule has 0 radical (unpaired) electrons. The number of ether oxygens (including phenoxy) is 3. The summed E-state index contributed by atoms with van der Waals surface area (Å²) < 4.78 is 14.9. The Bertz CT molecular complexity index is 351. The van der Waals surface area contributed by atoms with Crippen molar-refractivity contribution in [3.05, 3.63) is 18.0 Å². The standard InChI is InChI=1S/C10H13NO4/c1-4-15-10(12)8-9(14-3)7(13-2)5-6-11-8/h5-6H,4H2,1-3H3. The third-order valence-corrected chi connectivity index (χ3v) is 1.76. The predicted molar refractivity (Wildman–Crippen MR) is 53.3 cm³/mol. The maximum absolute atomic E-state index is 11.5. The highest BCUT2D eigenvalue weighted by Crippen LogP contribution is 2.29. The van der Waals surface area contributed by atoms with E-state index in [0.717, 1.165) is 0 Å². The smallest absolute Gasteiger partial charge is 0.360 e. The molecule has 1 rings (SSSR count). The lowest BCUT2D eigenvalue weighted by Gasteiger charge is -2.10. The minimum absolute atomic E-state index is 0.124. The van der Waals surface area contributed by atoms with Crippen LogP contribution in [0.5, 0.6) is 11.5 Å². The molecule has 0 spiro atoms. The van der Waals surface area contributed by atoms with Crippen molar-refractivity contribution < 1.29 is 19.0 Å². The van der Waals surface area contributed by atoms with E-state index in [1.54, 1.807) is 13.0 Å². The third-order valence-electron chi connectivity index (χ3n) is 1.76. The average Bonchev–Trinajstić information content (AvgIpc) is 2.28. The van der Waals surface area contributed by atoms with Crippen molar-refractivity contribution in [3.63, 3.8) is 0 Å². The molecule has 0 aromatic carbocycles. The van der Waals surface area contributed by atoms with Crippen LogP contribution in [0.25, 0.3) is 0 Å².